The highest BCUT2D eigenvalue weighted by molar-refractivity contribution is 6.30. The smallest absolute Gasteiger partial charge is 0.326 e. The molecule has 1 aromatic carbocycles. The fourth-order valence-electron chi connectivity index (χ4n) is 2.97. The lowest BCUT2D eigenvalue weighted by atomic mass is 9.91. The predicted molar refractivity (Wildman–Crippen MR) is 89.7 cm³/mol. The zero-order valence-corrected chi connectivity index (χ0v) is 14.3. The van der Waals surface area contributed by atoms with E-state index in [1.807, 2.05) is 12.1 Å². The van der Waals surface area contributed by atoms with Crippen molar-refractivity contribution in [1.29, 1.82) is 0 Å². The molecular formula is C17H21ClN2O4. The number of hydrogen-bond acceptors (Lipinski definition) is 3. The number of benzene rings is 1. The quantitative estimate of drug-likeness (QED) is 0.844. The van der Waals surface area contributed by atoms with Gasteiger partial charge >= 0.3 is 5.97 Å². The molecule has 1 aliphatic heterocycles. The van der Waals surface area contributed by atoms with Crippen molar-refractivity contribution in [3.8, 4) is 0 Å². The second kappa shape index (κ2) is 8.15. The van der Waals surface area contributed by atoms with E-state index in [-0.39, 0.29) is 30.7 Å². The van der Waals surface area contributed by atoms with Gasteiger partial charge in [-0.1, -0.05) is 23.7 Å². The molecule has 24 heavy (non-hydrogen) atoms. The number of carbonyl (C=O) groups excluding carboxylic acids is 2. The monoisotopic (exact) mass is 352 g/mol. The van der Waals surface area contributed by atoms with Gasteiger partial charge in [-0.05, 0) is 37.0 Å². The molecule has 2 rings (SSSR count). The van der Waals surface area contributed by atoms with E-state index in [0.29, 0.717) is 24.3 Å². The number of halogens is 1. The van der Waals surface area contributed by atoms with Gasteiger partial charge in [0.15, 0.2) is 0 Å². The Morgan fingerprint density at radius 1 is 1.25 bits per heavy atom. The van der Waals surface area contributed by atoms with Gasteiger partial charge in [0.05, 0.1) is 5.92 Å². The topological polar surface area (TPSA) is 86.7 Å². The van der Waals surface area contributed by atoms with E-state index in [2.05, 4.69) is 5.32 Å². The second-order valence-electron chi connectivity index (χ2n) is 5.92. The van der Waals surface area contributed by atoms with E-state index in [1.54, 1.807) is 12.1 Å². The molecule has 1 fully saturated rings. The Morgan fingerprint density at radius 2 is 1.92 bits per heavy atom. The first-order valence-electron chi connectivity index (χ1n) is 7.90. The molecule has 7 heteroatoms. The molecule has 6 nitrogen and oxygen atoms in total. The molecule has 1 heterocycles. The molecule has 0 bridgehead atoms. The number of nitrogens with zero attached hydrogens (tertiary/aromatic N) is 1. The first-order chi connectivity index (χ1) is 11.4. The highest BCUT2D eigenvalue weighted by Crippen LogP contribution is 2.24. The van der Waals surface area contributed by atoms with Crippen LogP contribution in [0.2, 0.25) is 5.02 Å². The van der Waals surface area contributed by atoms with Gasteiger partial charge in [-0.2, -0.15) is 0 Å². The third-order valence-corrected chi connectivity index (χ3v) is 4.60. The number of nitrogens with one attached hydrogen (secondary N) is 1. The molecule has 130 valence electrons. The lowest BCUT2D eigenvalue weighted by molar-refractivity contribution is -0.154. The number of aryl methyl sites for hydroxylation is 1. The maximum Gasteiger partial charge on any atom is 0.326 e. The number of rotatable bonds is 5. The summed E-state index contributed by atoms with van der Waals surface area (Å²) in [6.45, 7) is 0.149. The largest absolute Gasteiger partial charge is 0.480 e. The maximum atomic E-state index is 12.5. The summed E-state index contributed by atoms with van der Waals surface area (Å²) in [6, 6.07) is 6.33. The zero-order chi connectivity index (χ0) is 17.7. The summed E-state index contributed by atoms with van der Waals surface area (Å²) in [4.78, 5) is 37.1. The number of aliphatic carboxylic acids is 1. The maximum absolute atomic E-state index is 12.5. The summed E-state index contributed by atoms with van der Waals surface area (Å²) >= 11 is 5.83. The molecular weight excluding hydrogens is 332 g/mol. The lowest BCUT2D eigenvalue weighted by Gasteiger charge is -2.36. The average molecular weight is 353 g/mol. The van der Waals surface area contributed by atoms with Gasteiger partial charge in [0, 0.05) is 25.0 Å². The molecule has 0 radical (unpaired) electrons. The molecule has 0 saturated carbocycles. The third kappa shape index (κ3) is 4.47. The van der Waals surface area contributed by atoms with Crippen molar-refractivity contribution in [3.63, 3.8) is 0 Å². The lowest BCUT2D eigenvalue weighted by Crippen LogP contribution is -2.53. The van der Waals surface area contributed by atoms with Crippen molar-refractivity contribution in [2.45, 2.75) is 31.7 Å². The highest BCUT2D eigenvalue weighted by atomic mass is 35.5. The molecule has 1 aliphatic rings. The molecule has 0 unspecified atom stereocenters. The standard InChI is InChI=1S/C17H21ClN2O4/c1-19-16(22)12-5-8-14(17(23)24)20(10-12)15(21)9-4-11-2-6-13(18)7-3-11/h2-3,6-7,12,14H,4-5,8-10H2,1H3,(H,19,22)(H,23,24)/t12-,14-/m0/s1. The SMILES string of the molecule is CNC(=O)[C@H]1CC[C@@H](C(=O)O)N(C(=O)CCc2ccc(Cl)cc2)C1. The number of carbonyl (C=O) groups is 3. The van der Waals surface area contributed by atoms with Gasteiger partial charge in [-0.15, -0.1) is 0 Å². The Hall–Kier alpha value is -2.08. The molecule has 2 N–H and O–H groups in total. The molecule has 0 aromatic heterocycles. The Morgan fingerprint density at radius 3 is 2.50 bits per heavy atom. The van der Waals surface area contributed by atoms with Gasteiger partial charge < -0.3 is 15.3 Å². The van der Waals surface area contributed by atoms with Crippen LogP contribution in [0.1, 0.15) is 24.8 Å². The van der Waals surface area contributed by atoms with Crippen LogP contribution in [0.3, 0.4) is 0 Å². The first kappa shape index (κ1) is 18.3. The number of amides is 2. The van der Waals surface area contributed by atoms with E-state index >= 15 is 0 Å². The Kier molecular flexibility index (Phi) is 6.20. The summed E-state index contributed by atoms with van der Waals surface area (Å²) in [7, 11) is 1.54. The van der Waals surface area contributed by atoms with Crippen LogP contribution in [0.5, 0.6) is 0 Å². The zero-order valence-electron chi connectivity index (χ0n) is 13.5. The number of carboxylic acids is 1. The Balaban J connectivity index is 2.03. The van der Waals surface area contributed by atoms with Gasteiger partial charge in [0.25, 0.3) is 0 Å². The van der Waals surface area contributed by atoms with Crippen LogP contribution < -0.4 is 5.32 Å². The highest BCUT2D eigenvalue weighted by Gasteiger charge is 2.37. The van der Waals surface area contributed by atoms with Gasteiger partial charge in [0.1, 0.15) is 6.04 Å². The van der Waals surface area contributed by atoms with E-state index in [9.17, 15) is 19.5 Å². The summed E-state index contributed by atoms with van der Waals surface area (Å²) in [5.74, 6) is -1.78. The van der Waals surface area contributed by atoms with Crippen LogP contribution in [0.15, 0.2) is 24.3 Å². The van der Waals surface area contributed by atoms with Crippen LogP contribution in [0, 0.1) is 5.92 Å². The van der Waals surface area contributed by atoms with E-state index in [0.717, 1.165) is 5.56 Å². The minimum absolute atomic E-state index is 0.149. The number of piperidine rings is 1. The van der Waals surface area contributed by atoms with Crippen molar-refractivity contribution in [1.82, 2.24) is 10.2 Å². The fraction of sp³-hybridized carbons (Fsp3) is 0.471. The van der Waals surface area contributed by atoms with Crippen molar-refractivity contribution < 1.29 is 19.5 Å². The number of hydrogen-bond donors (Lipinski definition) is 2. The van der Waals surface area contributed by atoms with Gasteiger partial charge in [0.2, 0.25) is 11.8 Å². The summed E-state index contributed by atoms with van der Waals surface area (Å²) < 4.78 is 0. The summed E-state index contributed by atoms with van der Waals surface area (Å²) in [5, 5.41) is 12.5. The molecule has 2 atom stereocenters. The molecule has 1 aromatic rings. The first-order valence-corrected chi connectivity index (χ1v) is 8.28. The molecule has 0 aliphatic carbocycles. The van der Waals surface area contributed by atoms with Crippen molar-refractivity contribution in [2.75, 3.05) is 13.6 Å². The van der Waals surface area contributed by atoms with Crippen LogP contribution >= 0.6 is 11.6 Å². The Bertz CT molecular complexity index is 618. The van der Waals surface area contributed by atoms with Gasteiger partial charge in [-0.25, -0.2) is 4.79 Å². The molecule has 2 amide bonds. The van der Waals surface area contributed by atoms with Crippen molar-refractivity contribution in [3.05, 3.63) is 34.9 Å². The van der Waals surface area contributed by atoms with Crippen LogP contribution in [0.25, 0.3) is 0 Å². The van der Waals surface area contributed by atoms with Crippen LogP contribution in [-0.4, -0.2) is 47.4 Å². The summed E-state index contributed by atoms with van der Waals surface area (Å²) in [5.41, 5.74) is 0.958. The number of carboxylic acid groups (broad SMARTS) is 1. The minimum Gasteiger partial charge on any atom is -0.480 e. The fourth-order valence-corrected chi connectivity index (χ4v) is 3.09. The third-order valence-electron chi connectivity index (χ3n) is 4.35. The van der Waals surface area contributed by atoms with E-state index in [4.69, 9.17) is 11.6 Å². The van der Waals surface area contributed by atoms with E-state index < -0.39 is 12.0 Å². The van der Waals surface area contributed by atoms with Crippen molar-refractivity contribution in [2.24, 2.45) is 5.92 Å². The normalized spacial score (nSPS) is 20.5. The second-order valence-corrected chi connectivity index (χ2v) is 6.35. The van der Waals surface area contributed by atoms with Crippen LogP contribution in [0.4, 0.5) is 0 Å². The van der Waals surface area contributed by atoms with Crippen LogP contribution in [-0.2, 0) is 20.8 Å². The number of likely N-dealkylation sites (tertiary alicyclic amines) is 1. The van der Waals surface area contributed by atoms with Gasteiger partial charge in [-0.3, -0.25) is 9.59 Å². The van der Waals surface area contributed by atoms with Crippen molar-refractivity contribution >= 4 is 29.4 Å². The molecule has 1 saturated heterocycles. The summed E-state index contributed by atoms with van der Waals surface area (Å²) in [6.07, 6.45) is 1.47. The minimum atomic E-state index is -1.02. The Labute approximate surface area is 145 Å². The molecule has 0 spiro atoms. The average Bonchev–Trinajstić information content (AvgIpc) is 2.59. The van der Waals surface area contributed by atoms with E-state index in [1.165, 1.54) is 11.9 Å². The predicted octanol–water partition coefficient (Wildman–Crippen LogP) is 1.71.